The van der Waals surface area contributed by atoms with Gasteiger partial charge < -0.3 is 24.2 Å². The molecule has 2 unspecified atom stereocenters. The number of anilines is 2. The first-order valence-electron chi connectivity index (χ1n) is 25.1. The summed E-state index contributed by atoms with van der Waals surface area (Å²) in [7, 11) is 5.51. The van der Waals surface area contributed by atoms with E-state index in [-0.39, 0.29) is 48.4 Å². The molecule has 4 aromatic carbocycles. The molecule has 1 aliphatic carbocycles. The highest BCUT2D eigenvalue weighted by molar-refractivity contribution is 6.30. The quantitative estimate of drug-likeness (QED) is 0.0771. The minimum absolute atomic E-state index is 0.00432. The summed E-state index contributed by atoms with van der Waals surface area (Å²) in [5, 5.41) is 3.01. The summed E-state index contributed by atoms with van der Waals surface area (Å²) in [6, 6.07) is 25.2. The molecule has 1 aromatic heterocycles. The van der Waals surface area contributed by atoms with Gasteiger partial charge in [0.05, 0.1) is 43.3 Å². The van der Waals surface area contributed by atoms with Crippen LogP contribution in [0.2, 0.25) is 5.02 Å². The van der Waals surface area contributed by atoms with Crippen molar-refractivity contribution in [3.05, 3.63) is 117 Å². The maximum Gasteiger partial charge on any atom is 0.329 e. The number of piperidine rings is 1. The second-order valence-corrected chi connectivity index (χ2v) is 20.4. The van der Waals surface area contributed by atoms with E-state index in [0.717, 1.165) is 117 Å². The fourth-order valence-electron chi connectivity index (χ4n) is 11.4. The average Bonchev–Trinajstić information content (AvgIpc) is 3.60. The third-order valence-corrected chi connectivity index (χ3v) is 15.3. The number of aryl methyl sites for hydroxylation is 2. The van der Waals surface area contributed by atoms with Gasteiger partial charge >= 0.3 is 5.69 Å². The lowest BCUT2D eigenvalue weighted by Crippen LogP contribution is -2.54. The number of unbranched alkanes of at least 4 members (excludes halogenated alkanes) is 2. The van der Waals surface area contributed by atoms with Crippen LogP contribution < -0.4 is 30.3 Å². The maximum absolute atomic E-state index is 14.1. The first kappa shape index (κ1) is 48.9. The zero-order valence-corrected chi connectivity index (χ0v) is 41.9. The number of hydrogen-bond acceptors (Lipinski definition) is 9. The van der Waals surface area contributed by atoms with E-state index in [2.05, 4.69) is 46.4 Å². The number of imide groups is 1. The Kier molecular flexibility index (Phi) is 14.7. The van der Waals surface area contributed by atoms with Gasteiger partial charge in [-0.25, -0.2) is 4.79 Å². The van der Waals surface area contributed by atoms with Crippen LogP contribution in [0.25, 0.3) is 11.0 Å². The molecule has 370 valence electrons. The topological polar surface area (TPSA) is 139 Å². The Labute approximate surface area is 415 Å². The van der Waals surface area contributed by atoms with Crippen molar-refractivity contribution in [2.24, 2.45) is 13.0 Å². The predicted molar refractivity (Wildman–Crippen MR) is 273 cm³/mol. The van der Waals surface area contributed by atoms with Crippen LogP contribution in [0.4, 0.5) is 11.4 Å². The van der Waals surface area contributed by atoms with Gasteiger partial charge in [0.2, 0.25) is 23.6 Å². The van der Waals surface area contributed by atoms with Gasteiger partial charge in [0, 0.05) is 69.1 Å². The molecule has 3 fully saturated rings. The van der Waals surface area contributed by atoms with Crippen molar-refractivity contribution in [1.82, 2.24) is 24.3 Å². The van der Waals surface area contributed by atoms with Gasteiger partial charge in [-0.05, 0) is 148 Å². The standard InChI is InChI=1S/C55H66ClN7O7/c1-35(2)70-48-32-44-39(30-47(48)69-5)31-50(65)62(52(44)38-15-17-40(56)18-16-38)43-23-21-41(22-24-43)58(3)33-36-13-19-42(20-14-36)61-29-28-60(51(66)34-61)27-8-6-7-10-37-11-9-12-45-53(37)59(4)55(68)63(45)46-25-26-49(64)57-54(46)67/h9,11-12,15-18,21-24,30,32,35-36,42,46,52H,6-8,10,13-14,19-20,25-29,31,33-34H2,1-5H3,(H,57,64,67). The Balaban J connectivity index is 0.745. The summed E-state index contributed by atoms with van der Waals surface area (Å²) in [4.78, 5) is 73.9. The summed E-state index contributed by atoms with van der Waals surface area (Å²) < 4.78 is 15.0. The van der Waals surface area contributed by atoms with E-state index in [1.807, 2.05) is 78.2 Å². The number of carbonyl (C=O) groups is 4. The molecule has 5 aromatic rings. The molecule has 4 heterocycles. The SMILES string of the molecule is COc1cc2c(cc1OC(C)C)C(c1ccc(Cl)cc1)N(c1ccc(N(C)CC3CCC(N4CCN(CCCCCc5cccc6c5n(C)c(=O)n6C5CCC(=O)NC5=O)C(=O)C4)CC3)cc1)C(=O)C2. The number of hydrogen-bond donors (Lipinski definition) is 1. The number of carbonyl (C=O) groups excluding carboxylic acids is 4. The molecule has 3 aliphatic heterocycles. The summed E-state index contributed by atoms with van der Waals surface area (Å²) in [5.41, 5.74) is 7.14. The number of rotatable bonds is 16. The van der Waals surface area contributed by atoms with Gasteiger partial charge in [0.15, 0.2) is 11.5 Å². The van der Waals surface area contributed by atoms with Crippen LogP contribution in [0.5, 0.6) is 11.5 Å². The minimum Gasteiger partial charge on any atom is -0.493 e. The van der Waals surface area contributed by atoms with E-state index in [4.69, 9.17) is 21.1 Å². The molecule has 0 bridgehead atoms. The second-order valence-electron chi connectivity index (χ2n) is 20.0. The lowest BCUT2D eigenvalue weighted by atomic mass is 9.84. The zero-order valence-electron chi connectivity index (χ0n) is 41.1. The van der Waals surface area contributed by atoms with E-state index in [1.54, 1.807) is 18.7 Å². The number of piperazine rings is 1. The van der Waals surface area contributed by atoms with Crippen molar-refractivity contribution in [2.75, 3.05) is 56.7 Å². The van der Waals surface area contributed by atoms with Crippen molar-refractivity contribution >= 4 is 57.6 Å². The number of benzene rings is 4. The van der Waals surface area contributed by atoms with Gasteiger partial charge in [0.25, 0.3) is 0 Å². The molecule has 4 amide bonds. The van der Waals surface area contributed by atoms with Gasteiger partial charge in [-0.1, -0.05) is 42.3 Å². The third kappa shape index (κ3) is 10.2. The van der Waals surface area contributed by atoms with Gasteiger partial charge in [-0.3, -0.25) is 38.5 Å². The van der Waals surface area contributed by atoms with Crippen molar-refractivity contribution < 1.29 is 28.7 Å². The van der Waals surface area contributed by atoms with E-state index in [1.165, 1.54) is 4.57 Å². The monoisotopic (exact) mass is 971 g/mol. The van der Waals surface area contributed by atoms with Gasteiger partial charge in [0.1, 0.15) is 6.04 Å². The number of para-hydroxylation sites is 1. The number of nitrogens with zero attached hydrogens (tertiary/aromatic N) is 6. The number of fused-ring (bicyclic) bond motifs is 2. The molecule has 0 spiro atoms. The molecule has 9 rings (SSSR count). The molecule has 1 saturated carbocycles. The maximum atomic E-state index is 14.1. The van der Waals surface area contributed by atoms with Crippen molar-refractivity contribution in [2.45, 2.75) is 109 Å². The van der Waals surface area contributed by atoms with Crippen molar-refractivity contribution in [3.63, 3.8) is 0 Å². The van der Waals surface area contributed by atoms with Crippen LogP contribution in [-0.2, 0) is 39.1 Å². The predicted octanol–water partition coefficient (Wildman–Crippen LogP) is 8.00. The van der Waals surface area contributed by atoms with Crippen LogP contribution in [-0.4, -0.2) is 102 Å². The number of halogens is 1. The lowest BCUT2D eigenvalue weighted by molar-refractivity contribution is -0.138. The Morgan fingerprint density at radius 3 is 2.30 bits per heavy atom. The van der Waals surface area contributed by atoms with Crippen molar-refractivity contribution in [1.29, 1.82) is 0 Å². The van der Waals surface area contributed by atoms with Crippen LogP contribution in [0.15, 0.2) is 83.7 Å². The number of ether oxygens (including phenoxy) is 2. The molecule has 1 N–H and O–H groups in total. The molecule has 2 saturated heterocycles. The Morgan fingerprint density at radius 2 is 1.60 bits per heavy atom. The molecule has 15 heteroatoms. The van der Waals surface area contributed by atoms with Gasteiger partial charge in [-0.15, -0.1) is 0 Å². The second kappa shape index (κ2) is 21.1. The molecule has 0 radical (unpaired) electrons. The lowest BCUT2D eigenvalue weighted by Gasteiger charge is -2.42. The molecule has 4 aliphatic rings. The summed E-state index contributed by atoms with van der Waals surface area (Å²) in [6.45, 7) is 7.79. The summed E-state index contributed by atoms with van der Waals surface area (Å²) in [6.07, 6.45) is 8.68. The van der Waals surface area contributed by atoms with Gasteiger partial charge in [-0.2, -0.15) is 0 Å². The summed E-state index contributed by atoms with van der Waals surface area (Å²) in [5.74, 6) is 1.29. The highest BCUT2D eigenvalue weighted by Crippen LogP contribution is 2.44. The fraction of sp³-hybridized carbons (Fsp3) is 0.473. The average molecular weight is 973 g/mol. The molecular weight excluding hydrogens is 906 g/mol. The Morgan fingerprint density at radius 1 is 0.843 bits per heavy atom. The number of amides is 4. The molecular formula is C55H66ClN7O7. The van der Waals surface area contributed by atoms with E-state index >= 15 is 0 Å². The first-order chi connectivity index (χ1) is 33.8. The minimum atomic E-state index is -0.703. The Hall–Kier alpha value is -6.12. The number of aromatic nitrogens is 2. The van der Waals surface area contributed by atoms with E-state index in [0.29, 0.717) is 47.0 Å². The first-order valence-corrected chi connectivity index (χ1v) is 25.5. The van der Waals surface area contributed by atoms with E-state index < -0.39 is 11.9 Å². The normalized spacial score (nSPS) is 21.1. The largest absolute Gasteiger partial charge is 0.493 e. The molecule has 70 heavy (non-hydrogen) atoms. The van der Waals surface area contributed by atoms with Crippen LogP contribution in [0.1, 0.15) is 106 Å². The smallest absolute Gasteiger partial charge is 0.329 e. The molecule has 2 atom stereocenters. The van der Waals surface area contributed by atoms with E-state index in [9.17, 15) is 24.0 Å². The number of nitrogens with one attached hydrogen (secondary N) is 1. The fourth-order valence-corrected chi connectivity index (χ4v) is 11.5. The third-order valence-electron chi connectivity index (χ3n) is 15.0. The van der Waals surface area contributed by atoms with Crippen LogP contribution >= 0.6 is 11.6 Å². The van der Waals surface area contributed by atoms with Crippen molar-refractivity contribution in [3.8, 4) is 11.5 Å². The molecule has 14 nitrogen and oxygen atoms in total. The number of methoxy groups -OCH3 is 1. The Bertz CT molecular complexity index is 2800. The summed E-state index contributed by atoms with van der Waals surface area (Å²) >= 11 is 6.34. The highest BCUT2D eigenvalue weighted by Gasteiger charge is 2.37. The number of imidazole rings is 1. The van der Waals surface area contributed by atoms with Crippen LogP contribution in [0, 0.1) is 5.92 Å². The zero-order chi connectivity index (χ0) is 49.2. The van der Waals surface area contributed by atoms with Crippen LogP contribution in [0.3, 0.4) is 0 Å². The highest BCUT2D eigenvalue weighted by atomic mass is 35.5.